The lowest BCUT2D eigenvalue weighted by molar-refractivity contribution is 1.32. The molecule has 130 valence electrons. The molecule has 6 aromatic rings. The minimum atomic E-state index is 0.901. The van der Waals surface area contributed by atoms with E-state index in [1.807, 2.05) is 30.7 Å². The lowest BCUT2D eigenvalue weighted by atomic mass is 10.0. The molecule has 0 amide bonds. The van der Waals surface area contributed by atoms with Crippen LogP contribution in [-0.2, 0) is 0 Å². The molecule has 0 aliphatic heterocycles. The molecular weight excluding hydrogens is 344 g/mol. The van der Waals surface area contributed by atoms with Gasteiger partial charge in [0.25, 0.3) is 0 Å². The molecule has 0 atom stereocenters. The predicted octanol–water partition coefficient (Wildman–Crippen LogP) is 5.55. The Labute approximate surface area is 160 Å². The van der Waals surface area contributed by atoms with Gasteiger partial charge in [0.1, 0.15) is 0 Å². The minimum absolute atomic E-state index is 0.901. The zero-order valence-corrected chi connectivity index (χ0v) is 14.9. The summed E-state index contributed by atoms with van der Waals surface area (Å²) in [6, 6.07) is 20.7. The van der Waals surface area contributed by atoms with Gasteiger partial charge in [-0.15, -0.1) is 0 Å². The van der Waals surface area contributed by atoms with E-state index in [1.165, 1.54) is 0 Å². The number of rotatable bonds is 1. The molecule has 0 saturated heterocycles. The van der Waals surface area contributed by atoms with Crippen LogP contribution < -0.4 is 0 Å². The van der Waals surface area contributed by atoms with Gasteiger partial charge in [0.15, 0.2) is 0 Å². The number of fused-ring (bicyclic) bond motifs is 6. The molecule has 0 saturated carbocycles. The van der Waals surface area contributed by atoms with Crippen LogP contribution in [0.4, 0.5) is 0 Å². The van der Waals surface area contributed by atoms with Crippen molar-refractivity contribution in [1.29, 1.82) is 0 Å². The predicted molar refractivity (Wildman–Crippen MR) is 113 cm³/mol. The summed E-state index contributed by atoms with van der Waals surface area (Å²) in [4.78, 5) is 18.4. The van der Waals surface area contributed by atoms with E-state index >= 15 is 0 Å². The van der Waals surface area contributed by atoms with Gasteiger partial charge in [-0.1, -0.05) is 36.4 Å². The maximum absolute atomic E-state index is 4.70. The zero-order chi connectivity index (χ0) is 18.5. The van der Waals surface area contributed by atoms with E-state index < -0.39 is 0 Å². The molecule has 0 aliphatic carbocycles. The van der Waals surface area contributed by atoms with Gasteiger partial charge in [-0.3, -0.25) is 19.9 Å². The van der Waals surface area contributed by atoms with Crippen LogP contribution in [0.3, 0.4) is 0 Å². The van der Waals surface area contributed by atoms with Crippen LogP contribution in [0.5, 0.6) is 0 Å². The van der Waals surface area contributed by atoms with Crippen LogP contribution in [0.1, 0.15) is 0 Å². The van der Waals surface area contributed by atoms with Crippen molar-refractivity contribution in [3.63, 3.8) is 0 Å². The first-order valence-electron chi connectivity index (χ1n) is 9.14. The first-order chi connectivity index (χ1) is 13.9. The summed E-state index contributed by atoms with van der Waals surface area (Å²) in [5, 5.41) is 5.46. The molecule has 4 heterocycles. The van der Waals surface area contributed by atoms with Crippen molar-refractivity contribution in [2.24, 2.45) is 0 Å². The highest BCUT2D eigenvalue weighted by atomic mass is 14.7. The van der Waals surface area contributed by atoms with Crippen molar-refractivity contribution >= 4 is 43.5 Å². The van der Waals surface area contributed by atoms with Crippen LogP contribution in [0.15, 0.2) is 85.5 Å². The average Bonchev–Trinajstić information content (AvgIpc) is 2.78. The van der Waals surface area contributed by atoms with Gasteiger partial charge in [-0.25, -0.2) is 0 Å². The fourth-order valence-corrected chi connectivity index (χ4v) is 3.80. The first kappa shape index (κ1) is 15.2. The molecule has 0 radical (unpaired) electrons. The van der Waals surface area contributed by atoms with Gasteiger partial charge < -0.3 is 0 Å². The largest absolute Gasteiger partial charge is 0.256 e. The Bertz CT molecular complexity index is 1400. The zero-order valence-electron chi connectivity index (χ0n) is 14.9. The molecule has 4 aromatic heterocycles. The lowest BCUT2D eigenvalue weighted by Crippen LogP contribution is -1.90. The summed E-state index contributed by atoms with van der Waals surface area (Å²) < 4.78 is 0. The van der Waals surface area contributed by atoms with Gasteiger partial charge >= 0.3 is 0 Å². The van der Waals surface area contributed by atoms with Gasteiger partial charge in [0.2, 0.25) is 0 Å². The van der Waals surface area contributed by atoms with Gasteiger partial charge in [0, 0.05) is 51.9 Å². The normalized spacial score (nSPS) is 11.6. The minimum Gasteiger partial charge on any atom is -0.256 e. The third-order valence-corrected chi connectivity index (χ3v) is 5.19. The standard InChI is InChI=1S/C24H14N4/c1-3-15-5-7-17-12-21(27-14-20(17)22(15)25-9-1)19-11-18-8-6-16-4-2-10-26-23(16)24(18)28-13-19/h1-14H. The number of pyridine rings is 4. The summed E-state index contributed by atoms with van der Waals surface area (Å²) in [6.07, 6.45) is 7.41. The third kappa shape index (κ3) is 2.25. The van der Waals surface area contributed by atoms with E-state index in [9.17, 15) is 0 Å². The molecule has 0 unspecified atom stereocenters. The highest BCUT2D eigenvalue weighted by Gasteiger charge is 2.08. The Balaban J connectivity index is 1.55. The van der Waals surface area contributed by atoms with E-state index in [-0.39, 0.29) is 0 Å². The summed E-state index contributed by atoms with van der Waals surface area (Å²) in [5.41, 5.74) is 4.71. The number of aromatic nitrogens is 4. The highest BCUT2D eigenvalue weighted by molar-refractivity contribution is 6.06. The molecular formula is C24H14N4. The number of hydrogen-bond acceptors (Lipinski definition) is 4. The van der Waals surface area contributed by atoms with Gasteiger partial charge in [-0.05, 0) is 29.7 Å². The fraction of sp³-hybridized carbons (Fsp3) is 0. The molecule has 0 aliphatic rings. The Hall–Kier alpha value is -3.92. The van der Waals surface area contributed by atoms with E-state index in [1.54, 1.807) is 6.20 Å². The number of hydrogen-bond donors (Lipinski definition) is 0. The number of nitrogens with zero attached hydrogens (tertiary/aromatic N) is 4. The van der Waals surface area contributed by atoms with Crippen molar-refractivity contribution in [1.82, 2.24) is 19.9 Å². The molecule has 0 fully saturated rings. The molecule has 0 bridgehead atoms. The second kappa shape index (κ2) is 5.79. The Morgan fingerprint density at radius 2 is 1.18 bits per heavy atom. The average molecular weight is 358 g/mol. The van der Waals surface area contributed by atoms with Crippen LogP contribution in [0.25, 0.3) is 54.7 Å². The Morgan fingerprint density at radius 3 is 2.04 bits per heavy atom. The Morgan fingerprint density at radius 1 is 0.500 bits per heavy atom. The van der Waals surface area contributed by atoms with E-state index in [2.05, 4.69) is 58.5 Å². The first-order valence-corrected chi connectivity index (χ1v) is 9.14. The van der Waals surface area contributed by atoms with Crippen LogP contribution in [-0.4, -0.2) is 19.9 Å². The molecule has 2 aromatic carbocycles. The van der Waals surface area contributed by atoms with Crippen molar-refractivity contribution in [3.8, 4) is 11.3 Å². The van der Waals surface area contributed by atoms with Crippen LogP contribution in [0, 0.1) is 0 Å². The fourth-order valence-electron chi connectivity index (χ4n) is 3.80. The lowest BCUT2D eigenvalue weighted by Gasteiger charge is -2.07. The van der Waals surface area contributed by atoms with Crippen molar-refractivity contribution in [2.45, 2.75) is 0 Å². The van der Waals surface area contributed by atoms with Crippen molar-refractivity contribution in [2.75, 3.05) is 0 Å². The van der Waals surface area contributed by atoms with Crippen molar-refractivity contribution in [3.05, 3.63) is 85.5 Å². The molecule has 4 heteroatoms. The maximum atomic E-state index is 4.70. The molecule has 0 spiro atoms. The van der Waals surface area contributed by atoms with Gasteiger partial charge in [0.05, 0.1) is 22.2 Å². The van der Waals surface area contributed by atoms with E-state index in [0.717, 1.165) is 54.7 Å². The maximum Gasteiger partial charge on any atom is 0.0965 e. The molecule has 0 N–H and O–H groups in total. The van der Waals surface area contributed by atoms with Crippen LogP contribution in [0.2, 0.25) is 0 Å². The third-order valence-electron chi connectivity index (χ3n) is 5.19. The summed E-state index contributed by atoms with van der Waals surface area (Å²) in [6.45, 7) is 0. The summed E-state index contributed by atoms with van der Waals surface area (Å²) in [7, 11) is 0. The highest BCUT2D eigenvalue weighted by Crippen LogP contribution is 2.29. The summed E-state index contributed by atoms with van der Waals surface area (Å²) >= 11 is 0. The molecule has 4 nitrogen and oxygen atoms in total. The molecule has 6 rings (SSSR count). The SMILES string of the molecule is c1cnc2c(c1)ccc1cc(-c3cnc4c(ccc5cccnc54)c3)ncc12. The smallest absolute Gasteiger partial charge is 0.0965 e. The van der Waals surface area contributed by atoms with E-state index in [4.69, 9.17) is 9.97 Å². The Kier molecular flexibility index (Phi) is 3.14. The summed E-state index contributed by atoms with van der Waals surface area (Å²) in [5.74, 6) is 0. The number of benzene rings is 2. The second-order valence-corrected chi connectivity index (χ2v) is 6.87. The topological polar surface area (TPSA) is 51.6 Å². The van der Waals surface area contributed by atoms with Gasteiger partial charge in [-0.2, -0.15) is 0 Å². The van der Waals surface area contributed by atoms with Crippen LogP contribution >= 0.6 is 0 Å². The quantitative estimate of drug-likeness (QED) is 0.362. The second-order valence-electron chi connectivity index (χ2n) is 6.87. The monoisotopic (exact) mass is 358 g/mol. The van der Waals surface area contributed by atoms with E-state index in [0.29, 0.717) is 0 Å². The molecule has 28 heavy (non-hydrogen) atoms. The van der Waals surface area contributed by atoms with Crippen molar-refractivity contribution < 1.29 is 0 Å².